The van der Waals surface area contributed by atoms with Gasteiger partial charge in [-0.25, -0.2) is 18.0 Å². The van der Waals surface area contributed by atoms with E-state index >= 15 is 0 Å². The van der Waals surface area contributed by atoms with E-state index in [1.54, 1.807) is 27.7 Å². The molecule has 1 unspecified atom stereocenters. The van der Waals surface area contributed by atoms with Crippen LogP contribution >= 0.6 is 0 Å². The fourth-order valence-corrected chi connectivity index (χ4v) is 6.07. The van der Waals surface area contributed by atoms with Gasteiger partial charge in [0.1, 0.15) is 11.1 Å². The first-order valence-corrected chi connectivity index (χ1v) is 14.1. The van der Waals surface area contributed by atoms with E-state index in [4.69, 9.17) is 9.47 Å². The molecule has 38 heavy (non-hydrogen) atoms. The first-order valence-electron chi connectivity index (χ1n) is 12.7. The molecule has 0 saturated heterocycles. The van der Waals surface area contributed by atoms with Crippen LogP contribution in [0.2, 0.25) is 0 Å². The normalized spacial score (nSPS) is 15.1. The van der Waals surface area contributed by atoms with E-state index in [0.29, 0.717) is 22.7 Å². The highest BCUT2D eigenvalue weighted by atomic mass is 32.2. The van der Waals surface area contributed by atoms with E-state index < -0.39 is 39.3 Å². The largest absolute Gasteiger partial charge is 0.462 e. The van der Waals surface area contributed by atoms with Crippen molar-refractivity contribution < 1.29 is 27.5 Å². The second kappa shape index (κ2) is 10.4. The second-order valence-corrected chi connectivity index (χ2v) is 12.5. The van der Waals surface area contributed by atoms with Crippen LogP contribution in [0.3, 0.4) is 0 Å². The van der Waals surface area contributed by atoms with Crippen molar-refractivity contribution in [1.82, 2.24) is 19.6 Å². The minimum atomic E-state index is -3.98. The lowest BCUT2D eigenvalue weighted by Gasteiger charge is -2.27. The number of nitrogens with one attached hydrogen (secondary N) is 3. The molecule has 4 rings (SSSR count). The van der Waals surface area contributed by atoms with Crippen molar-refractivity contribution in [2.24, 2.45) is 0 Å². The van der Waals surface area contributed by atoms with Crippen LogP contribution in [-0.2, 0) is 19.5 Å². The fraction of sp³-hybridized carbons (Fsp3) is 0.500. The number of carbonyl (C=O) groups is 2. The number of esters is 1. The predicted molar refractivity (Wildman–Crippen MR) is 143 cm³/mol. The number of ether oxygens (including phenoxy) is 2. The molecule has 11 nitrogen and oxygen atoms in total. The summed E-state index contributed by atoms with van der Waals surface area (Å²) in [6.07, 6.45) is 2.85. The maximum Gasteiger partial charge on any atom is 0.407 e. The van der Waals surface area contributed by atoms with E-state index in [-0.39, 0.29) is 35.2 Å². The first kappa shape index (κ1) is 27.6. The molecule has 1 aliphatic rings. The maximum atomic E-state index is 13.8. The molecule has 2 aromatic heterocycles. The Morgan fingerprint density at radius 2 is 1.95 bits per heavy atom. The summed E-state index contributed by atoms with van der Waals surface area (Å²) in [5.74, 6) is -0.597. The number of nitrogens with zero attached hydrogens (tertiary/aromatic N) is 1. The van der Waals surface area contributed by atoms with Gasteiger partial charge in [-0.1, -0.05) is 6.92 Å². The summed E-state index contributed by atoms with van der Waals surface area (Å²) < 4.78 is 39.6. The summed E-state index contributed by atoms with van der Waals surface area (Å²) in [5.41, 5.74) is -0.398. The van der Waals surface area contributed by atoms with E-state index in [2.05, 4.69) is 15.3 Å². The van der Waals surface area contributed by atoms with Crippen molar-refractivity contribution in [3.63, 3.8) is 0 Å². The summed E-state index contributed by atoms with van der Waals surface area (Å²) >= 11 is 0. The van der Waals surface area contributed by atoms with E-state index in [1.165, 1.54) is 28.7 Å². The van der Waals surface area contributed by atoms with Crippen LogP contribution in [-0.4, -0.2) is 65.6 Å². The molecule has 0 aliphatic heterocycles. The number of amides is 1. The molecular formula is C26H34N4O7S. The van der Waals surface area contributed by atoms with Gasteiger partial charge in [-0.2, -0.15) is 4.31 Å². The van der Waals surface area contributed by atoms with Gasteiger partial charge in [0.25, 0.3) is 5.56 Å². The Labute approximate surface area is 220 Å². The zero-order valence-electron chi connectivity index (χ0n) is 22.2. The number of rotatable bonds is 9. The molecule has 1 amide bonds. The van der Waals surface area contributed by atoms with Crippen LogP contribution in [0.5, 0.6) is 0 Å². The number of aromatic amines is 2. The lowest BCUT2D eigenvalue weighted by molar-refractivity contribution is 0.0494. The Morgan fingerprint density at radius 3 is 2.58 bits per heavy atom. The summed E-state index contributed by atoms with van der Waals surface area (Å²) in [7, 11) is -3.98. The van der Waals surface area contributed by atoms with Crippen molar-refractivity contribution in [2.75, 3.05) is 13.2 Å². The SMILES string of the molecule is CCCOC(=O)c1c[nH]c2c(=O)[nH]c3ccc(S(=O)(=O)N(CC(C)NC(=O)OC(C)(C)C)C4CC4)cc3c12. The third-order valence-electron chi connectivity index (χ3n) is 6.05. The number of sulfonamides is 1. The van der Waals surface area contributed by atoms with Gasteiger partial charge in [-0.3, -0.25) is 4.79 Å². The molecule has 0 radical (unpaired) electrons. The summed E-state index contributed by atoms with van der Waals surface area (Å²) in [5, 5.41) is 3.41. The minimum absolute atomic E-state index is 0.0174. The third kappa shape index (κ3) is 5.86. The van der Waals surface area contributed by atoms with Gasteiger partial charge >= 0.3 is 12.1 Å². The third-order valence-corrected chi connectivity index (χ3v) is 7.97. The molecule has 1 aliphatic carbocycles. The molecule has 1 saturated carbocycles. The number of alkyl carbamates (subject to hydrolysis) is 1. The van der Waals surface area contributed by atoms with Crippen LogP contribution in [0.1, 0.15) is 64.2 Å². The number of hydrogen-bond acceptors (Lipinski definition) is 7. The molecule has 2 heterocycles. The molecular weight excluding hydrogens is 512 g/mol. The second-order valence-electron chi connectivity index (χ2n) is 10.6. The van der Waals surface area contributed by atoms with Crippen molar-refractivity contribution in [3.8, 4) is 0 Å². The molecule has 3 N–H and O–H groups in total. The quantitative estimate of drug-likeness (QED) is 0.347. The van der Waals surface area contributed by atoms with Crippen molar-refractivity contribution >= 4 is 43.9 Å². The van der Waals surface area contributed by atoms with Crippen LogP contribution in [0, 0.1) is 0 Å². The zero-order valence-corrected chi connectivity index (χ0v) is 23.0. The van der Waals surface area contributed by atoms with Gasteiger partial charge in [-0.15, -0.1) is 0 Å². The zero-order chi connectivity index (χ0) is 27.8. The van der Waals surface area contributed by atoms with Crippen LogP contribution < -0.4 is 10.9 Å². The molecule has 12 heteroatoms. The Kier molecular flexibility index (Phi) is 7.57. The lowest BCUT2D eigenvalue weighted by Crippen LogP contribution is -2.46. The van der Waals surface area contributed by atoms with Crippen LogP contribution in [0.25, 0.3) is 21.8 Å². The number of carbonyl (C=O) groups excluding carboxylic acids is 2. The standard InChI is InChI=1S/C26H34N4O7S/c1-6-11-36-24(32)19-13-27-22-21(19)18-12-17(9-10-20(18)29-23(22)31)38(34,35)30(16-7-8-16)14-15(2)28-25(33)37-26(3,4)5/h9-10,12-13,15-16,27H,6-8,11,14H2,1-5H3,(H,28,33)(H,29,31). The number of hydrogen-bond donors (Lipinski definition) is 3. The molecule has 1 atom stereocenters. The first-order chi connectivity index (χ1) is 17.8. The Bertz CT molecular complexity index is 1530. The average molecular weight is 547 g/mol. The number of pyridine rings is 1. The van der Waals surface area contributed by atoms with Crippen LogP contribution in [0.4, 0.5) is 4.79 Å². The highest BCUT2D eigenvalue weighted by Gasteiger charge is 2.39. The van der Waals surface area contributed by atoms with Crippen molar-refractivity contribution in [1.29, 1.82) is 0 Å². The van der Waals surface area contributed by atoms with Gasteiger partial charge in [-0.05, 0) is 65.2 Å². The molecule has 206 valence electrons. The van der Waals surface area contributed by atoms with Gasteiger partial charge in [0, 0.05) is 41.1 Å². The number of fused-ring (bicyclic) bond motifs is 3. The lowest BCUT2D eigenvalue weighted by atomic mass is 10.1. The van der Waals surface area contributed by atoms with E-state index in [1.807, 2.05) is 6.92 Å². The van der Waals surface area contributed by atoms with Crippen LogP contribution in [0.15, 0.2) is 34.1 Å². The predicted octanol–water partition coefficient (Wildman–Crippen LogP) is 3.64. The van der Waals surface area contributed by atoms with E-state index in [9.17, 15) is 22.8 Å². The maximum absolute atomic E-state index is 13.8. The van der Waals surface area contributed by atoms with Gasteiger partial charge < -0.3 is 24.8 Å². The molecule has 0 bridgehead atoms. The molecule has 1 aromatic carbocycles. The van der Waals surface area contributed by atoms with Gasteiger partial charge in [0.2, 0.25) is 10.0 Å². The fourth-order valence-electron chi connectivity index (χ4n) is 4.27. The Morgan fingerprint density at radius 1 is 1.24 bits per heavy atom. The Hall–Kier alpha value is -3.38. The van der Waals surface area contributed by atoms with Gasteiger partial charge in [0.15, 0.2) is 0 Å². The molecule has 1 fully saturated rings. The highest BCUT2D eigenvalue weighted by Crippen LogP contribution is 2.34. The topological polar surface area (TPSA) is 151 Å². The summed E-state index contributed by atoms with van der Waals surface area (Å²) in [6.45, 7) is 9.12. The van der Waals surface area contributed by atoms with Gasteiger partial charge in [0.05, 0.1) is 17.1 Å². The Balaban J connectivity index is 1.70. The highest BCUT2D eigenvalue weighted by molar-refractivity contribution is 7.89. The molecule has 3 aromatic rings. The number of H-pyrrole nitrogens is 2. The average Bonchev–Trinajstić information content (AvgIpc) is 3.55. The van der Waals surface area contributed by atoms with Crippen molar-refractivity contribution in [2.45, 2.75) is 76.5 Å². The minimum Gasteiger partial charge on any atom is -0.462 e. The summed E-state index contributed by atoms with van der Waals surface area (Å²) in [4.78, 5) is 43.1. The van der Waals surface area contributed by atoms with E-state index in [0.717, 1.165) is 12.8 Å². The number of benzene rings is 1. The summed E-state index contributed by atoms with van der Waals surface area (Å²) in [6, 6.07) is 3.73. The smallest absolute Gasteiger partial charge is 0.407 e. The molecule has 0 spiro atoms. The monoisotopic (exact) mass is 546 g/mol. The number of aromatic nitrogens is 2. The van der Waals surface area contributed by atoms with Crippen molar-refractivity contribution in [3.05, 3.63) is 40.3 Å².